The van der Waals surface area contributed by atoms with Gasteiger partial charge in [-0.1, -0.05) is 18.2 Å². The molecule has 1 aromatic carbocycles. The fourth-order valence-corrected chi connectivity index (χ4v) is 2.74. The highest BCUT2D eigenvalue weighted by atomic mass is 79.9. The first-order valence-corrected chi connectivity index (χ1v) is 9.25. The molecule has 0 saturated heterocycles. The second-order valence-corrected chi connectivity index (χ2v) is 6.71. The third-order valence-electron chi connectivity index (χ3n) is 3.86. The Morgan fingerprint density at radius 3 is 2.74 bits per heavy atom. The van der Waals surface area contributed by atoms with Gasteiger partial charge in [0.1, 0.15) is 18.1 Å². The van der Waals surface area contributed by atoms with E-state index in [1.54, 1.807) is 30.6 Å². The summed E-state index contributed by atoms with van der Waals surface area (Å²) < 4.78 is 11.7. The Balaban J connectivity index is 1.51. The van der Waals surface area contributed by atoms with E-state index in [1.807, 2.05) is 43.3 Å². The van der Waals surface area contributed by atoms with Crippen molar-refractivity contribution in [2.75, 3.05) is 0 Å². The monoisotopic (exact) mass is 426 g/mol. The van der Waals surface area contributed by atoms with Crippen molar-refractivity contribution in [2.24, 2.45) is 0 Å². The molecule has 6 heteroatoms. The van der Waals surface area contributed by atoms with Crippen molar-refractivity contribution in [2.45, 2.75) is 19.6 Å². The highest BCUT2D eigenvalue weighted by molar-refractivity contribution is 9.10. The fraction of sp³-hybridized carbons (Fsp3) is 0.143. The molecule has 0 aliphatic rings. The van der Waals surface area contributed by atoms with E-state index in [0.717, 1.165) is 16.9 Å². The largest absolute Gasteiger partial charge is 0.489 e. The summed E-state index contributed by atoms with van der Waals surface area (Å²) in [6.07, 6.45) is 6.59. The van der Waals surface area contributed by atoms with E-state index in [2.05, 4.69) is 26.2 Å². The zero-order valence-electron chi connectivity index (χ0n) is 14.8. The number of benzene rings is 1. The molecule has 1 atom stereocenters. The number of rotatable bonds is 7. The van der Waals surface area contributed by atoms with E-state index in [4.69, 9.17) is 9.15 Å². The maximum atomic E-state index is 12.1. The number of furan rings is 1. The van der Waals surface area contributed by atoms with Gasteiger partial charge in [-0.25, -0.2) is 0 Å². The van der Waals surface area contributed by atoms with E-state index >= 15 is 0 Å². The van der Waals surface area contributed by atoms with Gasteiger partial charge in [-0.2, -0.15) is 0 Å². The van der Waals surface area contributed by atoms with Gasteiger partial charge in [0.2, 0.25) is 5.91 Å². The van der Waals surface area contributed by atoms with Crippen LogP contribution in [0.2, 0.25) is 0 Å². The number of carbonyl (C=O) groups is 1. The van der Waals surface area contributed by atoms with Crippen molar-refractivity contribution in [1.29, 1.82) is 0 Å². The normalized spacial score (nSPS) is 12.1. The highest BCUT2D eigenvalue weighted by Crippen LogP contribution is 2.19. The standard InChI is InChI=1S/C21H19BrN2O3/c1-15(24-21(25)11-9-19-8-10-20(22)27-19)17-4-6-18(7-5-17)26-14-16-3-2-12-23-13-16/h2-13,15H,14H2,1H3,(H,24,25)/b11-9+. The van der Waals surface area contributed by atoms with Gasteiger partial charge in [0.25, 0.3) is 0 Å². The Labute approximate surface area is 166 Å². The number of halogens is 1. The molecule has 3 aromatic rings. The topological polar surface area (TPSA) is 64.4 Å². The lowest BCUT2D eigenvalue weighted by atomic mass is 10.1. The van der Waals surface area contributed by atoms with Crippen molar-refractivity contribution in [3.05, 3.63) is 88.6 Å². The van der Waals surface area contributed by atoms with E-state index < -0.39 is 0 Å². The third-order valence-corrected chi connectivity index (χ3v) is 4.29. The van der Waals surface area contributed by atoms with Crippen LogP contribution < -0.4 is 10.1 Å². The first-order chi connectivity index (χ1) is 13.1. The maximum absolute atomic E-state index is 12.1. The lowest BCUT2D eigenvalue weighted by Crippen LogP contribution is -2.24. The van der Waals surface area contributed by atoms with E-state index in [-0.39, 0.29) is 11.9 Å². The second-order valence-electron chi connectivity index (χ2n) is 5.92. The first-order valence-electron chi connectivity index (χ1n) is 8.46. The lowest BCUT2D eigenvalue weighted by molar-refractivity contribution is -0.117. The summed E-state index contributed by atoms with van der Waals surface area (Å²) in [5.41, 5.74) is 2.00. The van der Waals surface area contributed by atoms with Crippen LogP contribution in [0.3, 0.4) is 0 Å². The molecule has 2 heterocycles. The van der Waals surface area contributed by atoms with Crippen LogP contribution in [0, 0.1) is 0 Å². The molecule has 0 fully saturated rings. The van der Waals surface area contributed by atoms with Crippen LogP contribution in [0.4, 0.5) is 0 Å². The zero-order valence-corrected chi connectivity index (χ0v) is 16.3. The minimum Gasteiger partial charge on any atom is -0.489 e. The van der Waals surface area contributed by atoms with Gasteiger partial charge in [0.15, 0.2) is 4.67 Å². The molecular weight excluding hydrogens is 408 g/mol. The number of amides is 1. The number of carbonyl (C=O) groups excluding carboxylic acids is 1. The van der Waals surface area contributed by atoms with E-state index in [1.165, 1.54) is 6.08 Å². The molecule has 3 rings (SSSR count). The number of hydrogen-bond acceptors (Lipinski definition) is 4. The van der Waals surface area contributed by atoms with Crippen LogP contribution >= 0.6 is 15.9 Å². The molecule has 0 radical (unpaired) electrons. The average molecular weight is 427 g/mol. The Morgan fingerprint density at radius 2 is 2.07 bits per heavy atom. The van der Waals surface area contributed by atoms with Crippen molar-refractivity contribution < 1.29 is 13.9 Å². The van der Waals surface area contributed by atoms with Crippen LogP contribution in [0.1, 0.15) is 29.9 Å². The number of nitrogens with one attached hydrogen (secondary N) is 1. The smallest absolute Gasteiger partial charge is 0.244 e. The predicted molar refractivity (Wildman–Crippen MR) is 107 cm³/mol. The van der Waals surface area contributed by atoms with Gasteiger partial charge >= 0.3 is 0 Å². The summed E-state index contributed by atoms with van der Waals surface area (Å²) in [5, 5.41) is 2.92. The summed E-state index contributed by atoms with van der Waals surface area (Å²) in [7, 11) is 0. The zero-order chi connectivity index (χ0) is 19.1. The van der Waals surface area contributed by atoms with Crippen LogP contribution in [0.5, 0.6) is 5.75 Å². The van der Waals surface area contributed by atoms with Crippen LogP contribution in [0.25, 0.3) is 6.08 Å². The fourth-order valence-electron chi connectivity index (χ4n) is 2.42. The Morgan fingerprint density at radius 1 is 1.26 bits per heavy atom. The number of aromatic nitrogens is 1. The number of ether oxygens (including phenoxy) is 1. The first kappa shape index (κ1) is 18.9. The summed E-state index contributed by atoms with van der Waals surface area (Å²) in [5.74, 6) is 1.19. The van der Waals surface area contributed by atoms with Crippen molar-refractivity contribution in [1.82, 2.24) is 10.3 Å². The molecule has 2 aromatic heterocycles. The van der Waals surface area contributed by atoms with Gasteiger partial charge in [0.05, 0.1) is 6.04 Å². The molecule has 1 amide bonds. The molecule has 5 nitrogen and oxygen atoms in total. The Kier molecular flexibility index (Phi) is 6.44. The highest BCUT2D eigenvalue weighted by Gasteiger charge is 2.08. The number of hydrogen-bond donors (Lipinski definition) is 1. The molecule has 0 bridgehead atoms. The summed E-state index contributed by atoms with van der Waals surface area (Å²) in [6, 6.07) is 14.9. The quantitative estimate of drug-likeness (QED) is 0.545. The minimum absolute atomic E-state index is 0.127. The van der Waals surface area contributed by atoms with Crippen LogP contribution in [-0.4, -0.2) is 10.9 Å². The van der Waals surface area contributed by atoms with E-state index in [9.17, 15) is 4.79 Å². The van der Waals surface area contributed by atoms with Crippen molar-refractivity contribution in [3.63, 3.8) is 0 Å². The minimum atomic E-state index is -0.188. The summed E-state index contributed by atoms with van der Waals surface area (Å²) in [6.45, 7) is 2.40. The molecule has 1 N–H and O–H groups in total. The summed E-state index contributed by atoms with van der Waals surface area (Å²) >= 11 is 3.23. The second kappa shape index (κ2) is 9.19. The number of pyridine rings is 1. The molecular formula is C21H19BrN2O3. The van der Waals surface area contributed by atoms with Crippen molar-refractivity contribution in [3.8, 4) is 5.75 Å². The van der Waals surface area contributed by atoms with Gasteiger partial charge in [-0.05, 0) is 64.8 Å². The molecule has 0 spiro atoms. The molecule has 1 unspecified atom stereocenters. The predicted octanol–water partition coefficient (Wildman–Crippen LogP) is 4.91. The Hall–Kier alpha value is -2.86. The molecule has 27 heavy (non-hydrogen) atoms. The molecule has 0 aliphatic heterocycles. The average Bonchev–Trinajstić information content (AvgIpc) is 3.11. The van der Waals surface area contributed by atoms with Gasteiger partial charge in [-0.15, -0.1) is 0 Å². The third kappa shape index (κ3) is 5.82. The van der Waals surface area contributed by atoms with Gasteiger partial charge in [0, 0.05) is 24.0 Å². The van der Waals surface area contributed by atoms with Gasteiger partial charge in [-0.3, -0.25) is 9.78 Å². The van der Waals surface area contributed by atoms with Crippen LogP contribution in [0.15, 0.2) is 76.1 Å². The molecule has 138 valence electrons. The Bertz CT molecular complexity index is 905. The SMILES string of the molecule is CC(NC(=O)/C=C/c1ccc(Br)o1)c1ccc(OCc2cccnc2)cc1. The van der Waals surface area contributed by atoms with Gasteiger partial charge < -0.3 is 14.5 Å². The van der Waals surface area contributed by atoms with Crippen LogP contribution in [-0.2, 0) is 11.4 Å². The lowest BCUT2D eigenvalue weighted by Gasteiger charge is -2.14. The number of nitrogens with zero attached hydrogens (tertiary/aromatic N) is 1. The maximum Gasteiger partial charge on any atom is 0.244 e. The van der Waals surface area contributed by atoms with Crippen molar-refractivity contribution >= 4 is 27.9 Å². The summed E-state index contributed by atoms with van der Waals surface area (Å²) in [4.78, 5) is 16.1. The van der Waals surface area contributed by atoms with E-state index in [0.29, 0.717) is 17.0 Å². The molecule has 0 saturated carbocycles. The molecule has 0 aliphatic carbocycles.